The maximum Gasteiger partial charge on any atom is 0.306 e. The summed E-state index contributed by atoms with van der Waals surface area (Å²) in [6, 6.07) is 8.15. The molecule has 1 aromatic rings. The maximum absolute atomic E-state index is 11.1. The molecule has 18 heavy (non-hydrogen) atoms. The van der Waals surface area contributed by atoms with Crippen LogP contribution in [0.3, 0.4) is 0 Å². The van der Waals surface area contributed by atoms with Gasteiger partial charge in [0.05, 0.1) is 13.5 Å². The fourth-order valence-corrected chi connectivity index (χ4v) is 2.98. The van der Waals surface area contributed by atoms with E-state index in [0.717, 1.165) is 17.9 Å². The Balaban J connectivity index is 1.75. The summed E-state index contributed by atoms with van der Waals surface area (Å²) in [4.78, 5) is 11.1. The quantitative estimate of drug-likeness (QED) is 0.768. The molecule has 0 bridgehead atoms. The van der Waals surface area contributed by atoms with E-state index in [0.29, 0.717) is 6.42 Å². The van der Waals surface area contributed by atoms with E-state index >= 15 is 0 Å². The van der Waals surface area contributed by atoms with E-state index in [4.69, 9.17) is 4.74 Å². The number of benzene rings is 1. The number of carbonyl (C=O) groups excluding carboxylic acids is 1. The van der Waals surface area contributed by atoms with Crippen LogP contribution in [0.25, 0.3) is 0 Å². The van der Waals surface area contributed by atoms with E-state index < -0.39 is 0 Å². The molecule has 0 spiro atoms. The van der Waals surface area contributed by atoms with Crippen molar-refractivity contribution >= 4 is 17.7 Å². The van der Waals surface area contributed by atoms with Crippen LogP contribution >= 0.6 is 11.8 Å². The molecule has 0 N–H and O–H groups in total. The molecule has 1 aromatic carbocycles. The number of fused-ring (bicyclic) bond motifs is 1. The smallest absolute Gasteiger partial charge is 0.306 e. The first-order chi connectivity index (χ1) is 8.69. The SMILES string of the molecule is COC(=O)CC(C)SCC1Cc2ccccc2O1. The van der Waals surface area contributed by atoms with Gasteiger partial charge in [-0.2, -0.15) is 11.8 Å². The van der Waals surface area contributed by atoms with Crippen LogP contribution in [0.4, 0.5) is 0 Å². The van der Waals surface area contributed by atoms with Crippen LogP contribution in [0.2, 0.25) is 0 Å². The number of carbonyl (C=O) groups is 1. The molecule has 98 valence electrons. The Labute approximate surface area is 112 Å². The minimum absolute atomic E-state index is 0.148. The van der Waals surface area contributed by atoms with Gasteiger partial charge in [-0.15, -0.1) is 0 Å². The molecule has 0 saturated carbocycles. The molecule has 0 saturated heterocycles. The van der Waals surface area contributed by atoms with Crippen LogP contribution in [0.5, 0.6) is 5.75 Å². The molecule has 3 nitrogen and oxygen atoms in total. The van der Waals surface area contributed by atoms with Gasteiger partial charge in [-0.1, -0.05) is 25.1 Å². The van der Waals surface area contributed by atoms with Crippen LogP contribution in [0, 0.1) is 0 Å². The predicted molar refractivity (Wildman–Crippen MR) is 73.1 cm³/mol. The topological polar surface area (TPSA) is 35.5 Å². The zero-order valence-corrected chi connectivity index (χ0v) is 11.5. The number of thioether (sulfide) groups is 1. The first-order valence-corrected chi connectivity index (χ1v) is 7.17. The lowest BCUT2D eigenvalue weighted by atomic mass is 10.1. The molecule has 4 heteroatoms. The third-order valence-electron chi connectivity index (χ3n) is 2.96. The van der Waals surface area contributed by atoms with Gasteiger partial charge in [-0.25, -0.2) is 0 Å². The molecule has 0 fully saturated rings. The molecular weight excluding hydrogens is 248 g/mol. The van der Waals surface area contributed by atoms with Crippen LogP contribution in [-0.2, 0) is 16.0 Å². The molecule has 2 rings (SSSR count). The molecule has 0 aliphatic carbocycles. The fraction of sp³-hybridized carbons (Fsp3) is 0.500. The summed E-state index contributed by atoms with van der Waals surface area (Å²) in [6.07, 6.45) is 1.65. The molecule has 1 heterocycles. The number of methoxy groups -OCH3 is 1. The van der Waals surface area contributed by atoms with E-state index in [2.05, 4.69) is 10.8 Å². The molecular formula is C14H18O3S. The third kappa shape index (κ3) is 3.42. The second kappa shape index (κ2) is 6.14. The zero-order valence-electron chi connectivity index (χ0n) is 10.7. The number of esters is 1. The van der Waals surface area contributed by atoms with Gasteiger partial charge in [0.25, 0.3) is 0 Å². The van der Waals surface area contributed by atoms with Crippen molar-refractivity contribution in [2.24, 2.45) is 0 Å². The van der Waals surface area contributed by atoms with E-state index in [-0.39, 0.29) is 17.3 Å². The minimum Gasteiger partial charge on any atom is -0.489 e. The largest absolute Gasteiger partial charge is 0.489 e. The Morgan fingerprint density at radius 1 is 1.56 bits per heavy atom. The van der Waals surface area contributed by atoms with Gasteiger partial charge in [0.15, 0.2) is 0 Å². The number of para-hydroxylation sites is 1. The van der Waals surface area contributed by atoms with Crippen LogP contribution in [0.15, 0.2) is 24.3 Å². The summed E-state index contributed by atoms with van der Waals surface area (Å²) in [5.41, 5.74) is 1.28. The second-order valence-corrected chi connectivity index (χ2v) is 5.95. The monoisotopic (exact) mass is 266 g/mol. The predicted octanol–water partition coefficient (Wildman–Crippen LogP) is 2.67. The average Bonchev–Trinajstić information content (AvgIpc) is 2.79. The highest BCUT2D eigenvalue weighted by Crippen LogP contribution is 2.30. The Hall–Kier alpha value is -1.16. The van der Waals surface area contributed by atoms with Crippen molar-refractivity contribution in [1.82, 2.24) is 0 Å². The van der Waals surface area contributed by atoms with Gasteiger partial charge in [-0.05, 0) is 11.6 Å². The van der Waals surface area contributed by atoms with E-state index in [1.54, 1.807) is 11.8 Å². The summed E-state index contributed by atoms with van der Waals surface area (Å²) in [5.74, 6) is 1.77. The normalized spacial score (nSPS) is 18.9. The molecule has 1 aliphatic heterocycles. The summed E-state index contributed by atoms with van der Waals surface area (Å²) >= 11 is 1.76. The zero-order chi connectivity index (χ0) is 13.0. The lowest BCUT2D eigenvalue weighted by molar-refractivity contribution is -0.140. The van der Waals surface area contributed by atoms with Crippen molar-refractivity contribution in [3.63, 3.8) is 0 Å². The van der Waals surface area contributed by atoms with Crippen LogP contribution in [-0.4, -0.2) is 30.2 Å². The molecule has 2 unspecified atom stereocenters. The van der Waals surface area contributed by atoms with Crippen molar-refractivity contribution < 1.29 is 14.3 Å². The fourth-order valence-electron chi connectivity index (χ4n) is 2.00. The number of hydrogen-bond acceptors (Lipinski definition) is 4. The molecule has 0 amide bonds. The van der Waals surface area contributed by atoms with E-state index in [1.807, 2.05) is 25.1 Å². The molecule has 0 aromatic heterocycles. The maximum atomic E-state index is 11.1. The number of ether oxygens (including phenoxy) is 2. The van der Waals surface area contributed by atoms with Gasteiger partial charge in [0.2, 0.25) is 0 Å². The highest BCUT2D eigenvalue weighted by molar-refractivity contribution is 7.99. The third-order valence-corrected chi connectivity index (χ3v) is 4.26. The minimum atomic E-state index is -0.148. The van der Waals surface area contributed by atoms with Crippen molar-refractivity contribution in [2.75, 3.05) is 12.9 Å². The van der Waals surface area contributed by atoms with Gasteiger partial charge in [-0.3, -0.25) is 4.79 Å². The Morgan fingerprint density at radius 2 is 2.33 bits per heavy atom. The second-order valence-electron chi connectivity index (χ2n) is 4.48. The Kier molecular flexibility index (Phi) is 4.53. The summed E-state index contributed by atoms with van der Waals surface area (Å²) in [6.45, 7) is 2.05. The Bertz CT molecular complexity index is 394. The standard InChI is InChI=1S/C14H18O3S/c1-10(7-14(15)16-2)18-9-12-8-11-5-3-4-6-13(11)17-12/h3-6,10,12H,7-9H2,1-2H3. The first-order valence-electron chi connectivity index (χ1n) is 6.12. The van der Waals surface area contributed by atoms with E-state index in [9.17, 15) is 4.79 Å². The molecule has 1 aliphatic rings. The summed E-state index contributed by atoms with van der Waals surface area (Å²) in [7, 11) is 1.43. The van der Waals surface area contributed by atoms with Gasteiger partial charge in [0.1, 0.15) is 11.9 Å². The van der Waals surface area contributed by atoms with E-state index in [1.165, 1.54) is 12.7 Å². The van der Waals surface area contributed by atoms with Gasteiger partial charge < -0.3 is 9.47 Å². The van der Waals surface area contributed by atoms with Crippen molar-refractivity contribution in [1.29, 1.82) is 0 Å². The van der Waals surface area contributed by atoms with Crippen molar-refractivity contribution in [2.45, 2.75) is 31.1 Å². The van der Waals surface area contributed by atoms with Crippen molar-refractivity contribution in [3.05, 3.63) is 29.8 Å². The molecule has 0 radical (unpaired) electrons. The Morgan fingerprint density at radius 3 is 3.06 bits per heavy atom. The lowest BCUT2D eigenvalue weighted by Gasteiger charge is -2.14. The average molecular weight is 266 g/mol. The van der Waals surface area contributed by atoms with Gasteiger partial charge >= 0.3 is 5.97 Å². The van der Waals surface area contributed by atoms with Crippen LogP contribution < -0.4 is 4.74 Å². The summed E-state index contributed by atoms with van der Waals surface area (Å²) < 4.78 is 10.5. The summed E-state index contributed by atoms with van der Waals surface area (Å²) in [5, 5.41) is 0.268. The lowest BCUT2D eigenvalue weighted by Crippen LogP contribution is -2.19. The van der Waals surface area contributed by atoms with Crippen molar-refractivity contribution in [3.8, 4) is 5.75 Å². The number of rotatable bonds is 5. The first kappa shape index (κ1) is 13.3. The van der Waals surface area contributed by atoms with Gasteiger partial charge in [0, 0.05) is 17.4 Å². The molecule has 2 atom stereocenters. The van der Waals surface area contributed by atoms with Crippen LogP contribution in [0.1, 0.15) is 18.9 Å². The highest BCUT2D eigenvalue weighted by Gasteiger charge is 2.23. The number of hydrogen-bond donors (Lipinski definition) is 0. The highest BCUT2D eigenvalue weighted by atomic mass is 32.2.